The molecule has 0 aliphatic carbocycles. The molecule has 3 amide bonds. The van der Waals surface area contributed by atoms with Crippen LogP contribution in [-0.4, -0.2) is 160 Å². The van der Waals surface area contributed by atoms with Gasteiger partial charge in [-0.25, -0.2) is 0 Å². The van der Waals surface area contributed by atoms with Gasteiger partial charge in [0.05, 0.1) is 5.41 Å². The molecule has 0 aromatic carbocycles. The van der Waals surface area contributed by atoms with Crippen molar-refractivity contribution in [1.82, 2.24) is 29.4 Å². The third-order valence-electron chi connectivity index (χ3n) is 18.3. The van der Waals surface area contributed by atoms with Crippen molar-refractivity contribution in [2.45, 2.75) is 256 Å². The van der Waals surface area contributed by atoms with Crippen LogP contribution in [0.3, 0.4) is 0 Å². The van der Waals surface area contributed by atoms with Crippen LogP contribution in [0.5, 0.6) is 0 Å². The third-order valence-corrected chi connectivity index (χ3v) is 18.3. The van der Waals surface area contributed by atoms with E-state index < -0.39 is 17.4 Å². The molecule has 6 aliphatic rings. The first-order chi connectivity index (χ1) is 35.0. The van der Waals surface area contributed by atoms with Gasteiger partial charge in [0.1, 0.15) is 0 Å². The Morgan fingerprint density at radius 1 is 0.560 bits per heavy atom. The minimum absolute atomic E-state index is 0.0412. The average molecular weight is 1040 g/mol. The summed E-state index contributed by atoms with van der Waals surface area (Å²) in [6.45, 7) is 35.4. The lowest BCUT2D eigenvalue weighted by molar-refractivity contribution is -0.155. The van der Waals surface area contributed by atoms with Gasteiger partial charge < -0.3 is 24.9 Å². The highest BCUT2D eigenvalue weighted by molar-refractivity contribution is 5.89. The van der Waals surface area contributed by atoms with Crippen molar-refractivity contribution in [1.29, 1.82) is 0 Å². The molecule has 13 heteroatoms. The molecule has 4 fully saturated rings. The van der Waals surface area contributed by atoms with E-state index in [1.807, 2.05) is 52.3 Å². The molecule has 6 rings (SSSR count). The molecule has 0 saturated carbocycles. The number of carboxylic acid groups (broad SMARTS) is 2. The first kappa shape index (κ1) is 61.8. The first-order valence-corrected chi connectivity index (χ1v) is 29.0. The summed E-state index contributed by atoms with van der Waals surface area (Å²) in [5.74, 6) is -1.06. The molecule has 4 saturated heterocycles. The lowest BCUT2D eigenvalue weighted by atomic mass is 9.71. The molecular formula is C62H102N6O7. The molecule has 2 N–H and O–H groups in total. The standard InChI is InChI=1S/C44H70N4O6.C18H32N2O/c1-40(2)30-34(45-26-18-12-14-20-36(45)49)31-41(3,4)47(40)28-24-44(39(53)54,23-17-11-9-10-16-22-38(51)52)25-29-48-42(5,6)32-35(33-43(48,7)8)46-27-19-13-15-21-37(46)50;1-6-11-20-17(2,3)13-15(14-18(20,4)5)19-12-9-7-8-10-16(19)21/h12-15,18-21,34-35H,9-11,16-17,22-33H2,1-8H3,(H,51,52)(H,53,54);6,15H,1,7-14H2,2-5H3. The normalized spacial score (nSPS) is 24.6. The van der Waals surface area contributed by atoms with E-state index in [-0.39, 0.29) is 63.6 Å². The Balaban J connectivity index is 0.000000411. The monoisotopic (exact) mass is 1040 g/mol. The Morgan fingerprint density at radius 3 is 1.40 bits per heavy atom. The maximum Gasteiger partial charge on any atom is 0.309 e. The Hall–Kier alpha value is -4.07. The fraction of sp³-hybridized carbons (Fsp3) is 0.758. The summed E-state index contributed by atoms with van der Waals surface area (Å²) in [5, 5.41) is 20.3. The fourth-order valence-electron chi connectivity index (χ4n) is 15.1. The number of hydrogen-bond acceptors (Lipinski definition) is 8. The third kappa shape index (κ3) is 16.0. The van der Waals surface area contributed by atoms with Gasteiger partial charge in [-0.05, 0) is 160 Å². The molecule has 0 aromatic rings. The second-order valence-electron chi connectivity index (χ2n) is 27.0. The van der Waals surface area contributed by atoms with Crippen LogP contribution >= 0.6 is 0 Å². The van der Waals surface area contributed by atoms with Crippen LogP contribution in [0.2, 0.25) is 0 Å². The zero-order valence-electron chi connectivity index (χ0n) is 48.9. The maximum atomic E-state index is 13.7. The zero-order valence-corrected chi connectivity index (χ0v) is 48.9. The quantitative estimate of drug-likeness (QED) is 0.0893. The van der Waals surface area contributed by atoms with Gasteiger partial charge in [-0.1, -0.05) is 74.6 Å². The number of hydrogen-bond donors (Lipinski definition) is 2. The van der Waals surface area contributed by atoms with E-state index in [2.05, 4.69) is 109 Å². The highest BCUT2D eigenvalue weighted by atomic mass is 16.4. The van der Waals surface area contributed by atoms with Gasteiger partial charge in [-0.3, -0.25) is 38.7 Å². The van der Waals surface area contributed by atoms with Crippen molar-refractivity contribution in [3.8, 4) is 0 Å². The molecule has 0 bridgehead atoms. The van der Waals surface area contributed by atoms with Crippen LogP contribution in [0, 0.1) is 5.41 Å². The minimum atomic E-state index is -0.945. The van der Waals surface area contributed by atoms with E-state index in [9.17, 15) is 29.1 Å². The fourth-order valence-corrected chi connectivity index (χ4v) is 15.1. The van der Waals surface area contributed by atoms with E-state index >= 15 is 0 Å². The molecule has 0 aromatic heterocycles. The lowest BCUT2D eigenvalue weighted by Crippen LogP contribution is -2.65. The van der Waals surface area contributed by atoms with Gasteiger partial charge in [0.25, 0.3) is 0 Å². The number of nitrogens with zero attached hydrogens (tertiary/aromatic N) is 6. The number of aliphatic carboxylic acids is 2. The SMILES string of the molecule is C=CCN1C(C)(C)CC(N2CCCCCC2=O)CC1(C)C.CC1(C)CC(N2CC=CC=CC2=O)CC(C)(C)N1CCC(CCCCCCCC(=O)O)(CCN1C(C)(C)CC(N2CC=CC=CC2=O)CC1(C)C)C(=O)O. The Morgan fingerprint density at radius 2 is 0.973 bits per heavy atom. The van der Waals surface area contributed by atoms with Crippen molar-refractivity contribution in [3.05, 3.63) is 61.3 Å². The predicted octanol–water partition coefficient (Wildman–Crippen LogP) is 11.2. The average Bonchev–Trinajstić information content (AvgIpc) is 3.75. The molecule has 0 radical (unpaired) electrons. The van der Waals surface area contributed by atoms with Crippen molar-refractivity contribution >= 4 is 29.7 Å². The van der Waals surface area contributed by atoms with Gasteiger partial charge >= 0.3 is 11.9 Å². The summed E-state index contributed by atoms with van der Waals surface area (Å²) < 4.78 is 0. The summed E-state index contributed by atoms with van der Waals surface area (Å²) in [5.41, 5.74) is -1.78. The van der Waals surface area contributed by atoms with E-state index in [1.165, 1.54) is 12.8 Å². The van der Waals surface area contributed by atoms with Gasteiger partial charge in [0.15, 0.2) is 0 Å². The van der Waals surface area contributed by atoms with E-state index in [4.69, 9.17) is 5.11 Å². The Labute approximate surface area is 453 Å². The van der Waals surface area contributed by atoms with Crippen molar-refractivity contribution in [3.63, 3.8) is 0 Å². The van der Waals surface area contributed by atoms with Gasteiger partial charge in [-0.15, -0.1) is 6.58 Å². The van der Waals surface area contributed by atoms with E-state index in [0.717, 1.165) is 90.1 Å². The summed E-state index contributed by atoms with van der Waals surface area (Å²) >= 11 is 0. The minimum Gasteiger partial charge on any atom is -0.481 e. The Kier molecular flexibility index (Phi) is 21.1. The smallest absolute Gasteiger partial charge is 0.309 e. The molecule has 422 valence electrons. The predicted molar refractivity (Wildman–Crippen MR) is 303 cm³/mol. The second-order valence-corrected chi connectivity index (χ2v) is 27.0. The van der Waals surface area contributed by atoms with Crippen molar-refractivity contribution in [2.75, 3.05) is 39.3 Å². The molecule has 0 atom stereocenters. The maximum absolute atomic E-state index is 13.7. The number of allylic oxidation sites excluding steroid dienone is 4. The largest absolute Gasteiger partial charge is 0.481 e. The molecule has 13 nitrogen and oxygen atoms in total. The number of rotatable bonds is 20. The molecule has 0 spiro atoms. The number of amides is 3. The van der Waals surface area contributed by atoms with Crippen LogP contribution < -0.4 is 0 Å². The first-order valence-electron chi connectivity index (χ1n) is 29.0. The number of likely N-dealkylation sites (tertiary alicyclic amines) is 4. The number of carbonyl (C=O) groups is 5. The van der Waals surface area contributed by atoms with Crippen LogP contribution in [0.1, 0.15) is 205 Å². The van der Waals surface area contributed by atoms with Gasteiger partial charge in [-0.2, -0.15) is 0 Å². The summed E-state index contributed by atoms with van der Waals surface area (Å²) in [6.07, 6.45) is 32.2. The van der Waals surface area contributed by atoms with Crippen LogP contribution in [0.25, 0.3) is 0 Å². The van der Waals surface area contributed by atoms with Crippen molar-refractivity contribution in [2.24, 2.45) is 5.41 Å². The van der Waals surface area contributed by atoms with E-state index in [1.54, 1.807) is 12.2 Å². The molecule has 75 heavy (non-hydrogen) atoms. The summed E-state index contributed by atoms with van der Waals surface area (Å²) in [7, 11) is 0. The second kappa shape index (κ2) is 25.6. The highest BCUT2D eigenvalue weighted by Gasteiger charge is 2.52. The number of piperidine rings is 3. The number of carbonyl (C=O) groups excluding carboxylic acids is 3. The van der Waals surface area contributed by atoms with Crippen LogP contribution in [0.15, 0.2) is 61.3 Å². The van der Waals surface area contributed by atoms with Crippen LogP contribution in [0.4, 0.5) is 0 Å². The number of carboxylic acids is 2. The summed E-state index contributed by atoms with van der Waals surface area (Å²) in [4.78, 5) is 77.0. The zero-order chi connectivity index (χ0) is 55.6. The van der Waals surface area contributed by atoms with Crippen LogP contribution in [-0.2, 0) is 24.0 Å². The molecular weight excluding hydrogens is 941 g/mol. The molecule has 0 unspecified atom stereocenters. The van der Waals surface area contributed by atoms with Gasteiger partial charge in [0.2, 0.25) is 17.7 Å². The van der Waals surface area contributed by atoms with E-state index in [0.29, 0.717) is 63.8 Å². The van der Waals surface area contributed by atoms with Crippen molar-refractivity contribution < 1.29 is 34.2 Å². The molecule has 6 aliphatic heterocycles. The Bertz CT molecular complexity index is 1980. The molecule has 6 heterocycles. The summed E-state index contributed by atoms with van der Waals surface area (Å²) in [6, 6.07) is 0.558. The highest BCUT2D eigenvalue weighted by Crippen LogP contribution is 2.46. The number of unbranched alkanes of at least 4 members (excludes halogenated alkanes) is 4. The topological polar surface area (TPSA) is 145 Å². The van der Waals surface area contributed by atoms with Gasteiger partial charge in [0, 0.05) is 116 Å². The lowest BCUT2D eigenvalue weighted by Gasteiger charge is -2.58.